The number of hydrogen-bond acceptors (Lipinski definition) is 3. The number of rotatable bonds is 4. The van der Waals surface area contributed by atoms with Gasteiger partial charge in [0.25, 0.3) is 0 Å². The van der Waals surface area contributed by atoms with E-state index in [-0.39, 0.29) is 5.54 Å². The molecule has 0 fully saturated rings. The largest absolute Gasteiger partial charge is 0.494 e. The molecule has 0 bridgehead atoms. The molecule has 23 heavy (non-hydrogen) atoms. The molecule has 2 aromatic heterocycles. The Labute approximate surface area is 137 Å². The zero-order valence-corrected chi connectivity index (χ0v) is 14.1. The van der Waals surface area contributed by atoms with E-state index in [2.05, 4.69) is 42.6 Å². The molecule has 3 rings (SSSR count). The molecule has 0 aliphatic carbocycles. The van der Waals surface area contributed by atoms with Crippen LogP contribution in [0.5, 0.6) is 5.75 Å². The minimum atomic E-state index is -0.0498. The summed E-state index contributed by atoms with van der Waals surface area (Å²) in [5.74, 6) is 1.89. The molecule has 2 heterocycles. The number of pyridine rings is 1. The Hall–Kier alpha value is -2.49. The lowest BCUT2D eigenvalue weighted by Gasteiger charge is -2.22. The number of hydrogen-bond donors (Lipinski definition) is 1. The van der Waals surface area contributed by atoms with Crippen LogP contribution in [0.2, 0.25) is 0 Å². The van der Waals surface area contributed by atoms with Gasteiger partial charge in [-0.1, -0.05) is 6.07 Å². The van der Waals surface area contributed by atoms with Crippen LogP contribution >= 0.6 is 0 Å². The third-order valence-corrected chi connectivity index (χ3v) is 3.46. The van der Waals surface area contributed by atoms with Crippen LogP contribution in [0.4, 0.5) is 5.82 Å². The molecule has 1 N–H and O–H groups in total. The Balaban J connectivity index is 2.10. The number of nitrogens with one attached hydrogen (secondary N) is 1. The summed E-state index contributed by atoms with van der Waals surface area (Å²) in [4.78, 5) is 4.80. The van der Waals surface area contributed by atoms with E-state index < -0.39 is 0 Å². The third kappa shape index (κ3) is 3.31. The SMILES string of the molecule is CCOc1ccc(-c2nc3ccccn3c2NC(C)(C)C)cc1. The zero-order valence-electron chi connectivity index (χ0n) is 14.1. The second-order valence-corrected chi connectivity index (χ2v) is 6.57. The highest BCUT2D eigenvalue weighted by Crippen LogP contribution is 2.31. The first-order chi connectivity index (χ1) is 11.0. The van der Waals surface area contributed by atoms with Crippen LogP contribution in [-0.4, -0.2) is 21.5 Å². The average Bonchev–Trinajstić information content (AvgIpc) is 2.86. The summed E-state index contributed by atoms with van der Waals surface area (Å²) in [5, 5.41) is 3.58. The maximum Gasteiger partial charge on any atom is 0.139 e. The fourth-order valence-electron chi connectivity index (χ4n) is 2.55. The molecule has 0 saturated carbocycles. The van der Waals surface area contributed by atoms with Gasteiger partial charge in [0.1, 0.15) is 22.9 Å². The maximum absolute atomic E-state index is 5.53. The van der Waals surface area contributed by atoms with Crippen LogP contribution in [0.3, 0.4) is 0 Å². The fourth-order valence-corrected chi connectivity index (χ4v) is 2.55. The zero-order chi connectivity index (χ0) is 16.4. The lowest BCUT2D eigenvalue weighted by molar-refractivity contribution is 0.340. The average molecular weight is 309 g/mol. The second-order valence-electron chi connectivity index (χ2n) is 6.57. The van der Waals surface area contributed by atoms with Gasteiger partial charge in [-0.25, -0.2) is 4.98 Å². The molecule has 0 saturated heterocycles. The number of nitrogens with zero attached hydrogens (tertiary/aromatic N) is 2. The highest BCUT2D eigenvalue weighted by molar-refractivity contribution is 5.77. The molecule has 0 aliphatic heterocycles. The summed E-state index contributed by atoms with van der Waals surface area (Å²) in [6, 6.07) is 14.1. The standard InChI is InChI=1S/C19H23N3O/c1-5-23-15-11-9-14(10-12-15)17-18(21-19(2,3)4)22-13-7-6-8-16(22)20-17/h6-13,21H,5H2,1-4H3. The van der Waals surface area contributed by atoms with E-state index in [9.17, 15) is 0 Å². The first kappa shape index (κ1) is 15.4. The van der Waals surface area contributed by atoms with Crippen molar-refractivity contribution in [3.8, 4) is 17.0 Å². The van der Waals surface area contributed by atoms with Crippen molar-refractivity contribution in [2.24, 2.45) is 0 Å². The molecule has 0 spiro atoms. The van der Waals surface area contributed by atoms with Gasteiger partial charge < -0.3 is 10.1 Å². The Morgan fingerprint density at radius 1 is 1.09 bits per heavy atom. The third-order valence-electron chi connectivity index (χ3n) is 3.46. The van der Waals surface area contributed by atoms with Gasteiger partial charge in [0.05, 0.1) is 6.61 Å². The van der Waals surface area contributed by atoms with E-state index in [1.54, 1.807) is 0 Å². The molecule has 0 amide bonds. The van der Waals surface area contributed by atoms with Crippen LogP contribution in [0.15, 0.2) is 48.7 Å². The van der Waals surface area contributed by atoms with Crippen LogP contribution in [-0.2, 0) is 0 Å². The van der Waals surface area contributed by atoms with Gasteiger partial charge in [0.2, 0.25) is 0 Å². The molecular weight excluding hydrogens is 286 g/mol. The Bertz CT molecular complexity index is 798. The number of imidazole rings is 1. The molecule has 0 atom stereocenters. The van der Waals surface area contributed by atoms with Gasteiger partial charge in [0, 0.05) is 17.3 Å². The van der Waals surface area contributed by atoms with Crippen molar-refractivity contribution >= 4 is 11.5 Å². The fraction of sp³-hybridized carbons (Fsp3) is 0.316. The minimum absolute atomic E-state index is 0.0498. The van der Waals surface area contributed by atoms with Crippen LogP contribution < -0.4 is 10.1 Å². The van der Waals surface area contributed by atoms with E-state index in [0.717, 1.165) is 28.5 Å². The number of aromatic nitrogens is 2. The summed E-state index contributed by atoms with van der Waals surface area (Å²) >= 11 is 0. The van der Waals surface area contributed by atoms with E-state index >= 15 is 0 Å². The van der Waals surface area contributed by atoms with Gasteiger partial charge in [-0.2, -0.15) is 0 Å². The maximum atomic E-state index is 5.53. The Kier molecular flexibility index (Phi) is 3.99. The van der Waals surface area contributed by atoms with E-state index in [0.29, 0.717) is 6.61 Å². The molecule has 4 heteroatoms. The summed E-state index contributed by atoms with van der Waals surface area (Å²) in [7, 11) is 0. The second kappa shape index (κ2) is 5.95. The number of anilines is 1. The normalized spacial score (nSPS) is 11.7. The number of benzene rings is 1. The van der Waals surface area contributed by atoms with Gasteiger partial charge in [0.15, 0.2) is 0 Å². The van der Waals surface area contributed by atoms with Gasteiger partial charge in [-0.3, -0.25) is 4.40 Å². The van der Waals surface area contributed by atoms with Crippen LogP contribution in [0.25, 0.3) is 16.9 Å². The highest BCUT2D eigenvalue weighted by atomic mass is 16.5. The quantitative estimate of drug-likeness (QED) is 0.765. The predicted octanol–water partition coefficient (Wildman–Crippen LogP) is 4.61. The summed E-state index contributed by atoms with van der Waals surface area (Å²) in [6.45, 7) is 9.11. The monoisotopic (exact) mass is 309 g/mol. The van der Waals surface area contributed by atoms with E-state index in [4.69, 9.17) is 9.72 Å². The molecule has 1 aromatic carbocycles. The molecule has 0 radical (unpaired) electrons. The van der Waals surface area contributed by atoms with E-state index in [1.165, 1.54) is 0 Å². The predicted molar refractivity (Wildman–Crippen MR) is 95.2 cm³/mol. The molecule has 3 aromatic rings. The Morgan fingerprint density at radius 3 is 2.48 bits per heavy atom. The van der Waals surface area contributed by atoms with Gasteiger partial charge in [-0.15, -0.1) is 0 Å². The van der Waals surface area contributed by atoms with Gasteiger partial charge >= 0.3 is 0 Å². The summed E-state index contributed by atoms with van der Waals surface area (Å²) < 4.78 is 7.62. The Morgan fingerprint density at radius 2 is 1.83 bits per heavy atom. The summed E-state index contributed by atoms with van der Waals surface area (Å²) in [6.07, 6.45) is 2.04. The lowest BCUT2D eigenvalue weighted by Crippen LogP contribution is -2.27. The number of fused-ring (bicyclic) bond motifs is 1. The van der Waals surface area contributed by atoms with Crippen LogP contribution in [0.1, 0.15) is 27.7 Å². The molecule has 0 unspecified atom stereocenters. The van der Waals surface area contributed by atoms with Crippen molar-refractivity contribution in [1.82, 2.24) is 9.38 Å². The summed E-state index contributed by atoms with van der Waals surface area (Å²) in [5.41, 5.74) is 2.91. The molecular formula is C19H23N3O. The van der Waals surface area contributed by atoms with Crippen molar-refractivity contribution in [3.63, 3.8) is 0 Å². The van der Waals surface area contributed by atoms with Gasteiger partial charge in [-0.05, 0) is 64.1 Å². The molecule has 4 nitrogen and oxygen atoms in total. The van der Waals surface area contributed by atoms with Crippen molar-refractivity contribution in [1.29, 1.82) is 0 Å². The van der Waals surface area contributed by atoms with Crippen LogP contribution in [0, 0.1) is 0 Å². The van der Waals surface area contributed by atoms with Crippen molar-refractivity contribution < 1.29 is 4.74 Å². The topological polar surface area (TPSA) is 38.6 Å². The van der Waals surface area contributed by atoms with E-state index in [1.807, 2.05) is 43.5 Å². The highest BCUT2D eigenvalue weighted by Gasteiger charge is 2.18. The van der Waals surface area contributed by atoms with Crippen molar-refractivity contribution in [3.05, 3.63) is 48.7 Å². The van der Waals surface area contributed by atoms with Crippen molar-refractivity contribution in [2.45, 2.75) is 33.2 Å². The smallest absolute Gasteiger partial charge is 0.139 e. The lowest BCUT2D eigenvalue weighted by atomic mass is 10.1. The minimum Gasteiger partial charge on any atom is -0.494 e. The first-order valence-corrected chi connectivity index (χ1v) is 7.96. The van der Waals surface area contributed by atoms with Crippen molar-refractivity contribution in [2.75, 3.05) is 11.9 Å². The first-order valence-electron chi connectivity index (χ1n) is 7.96. The molecule has 120 valence electrons. The molecule has 0 aliphatic rings. The number of ether oxygens (including phenoxy) is 1.